The molecule has 108 valence electrons. The Balaban J connectivity index is 2.12. The van der Waals surface area contributed by atoms with Gasteiger partial charge >= 0.3 is 0 Å². The molecule has 3 heteroatoms. The molecule has 0 saturated carbocycles. The van der Waals surface area contributed by atoms with Crippen molar-refractivity contribution in [2.24, 2.45) is 0 Å². The van der Waals surface area contributed by atoms with Crippen LogP contribution in [0.25, 0.3) is 0 Å². The molecule has 1 heterocycles. The Morgan fingerprint density at radius 2 is 2.15 bits per heavy atom. The summed E-state index contributed by atoms with van der Waals surface area (Å²) in [6, 6.07) is 6.68. The van der Waals surface area contributed by atoms with E-state index in [4.69, 9.17) is 4.74 Å². The summed E-state index contributed by atoms with van der Waals surface area (Å²) in [6.45, 7) is 2.32. The van der Waals surface area contributed by atoms with Gasteiger partial charge in [0.1, 0.15) is 5.75 Å². The second-order valence-corrected chi connectivity index (χ2v) is 6.32. The van der Waals surface area contributed by atoms with Crippen LogP contribution in [0.2, 0.25) is 0 Å². The van der Waals surface area contributed by atoms with Gasteiger partial charge in [-0.25, -0.2) is 0 Å². The highest BCUT2D eigenvalue weighted by atomic mass is 16.5. The molecule has 2 atom stereocenters. The summed E-state index contributed by atoms with van der Waals surface area (Å²) in [6.07, 6.45) is 4.77. The average Bonchev–Trinajstić information content (AvgIpc) is 2.56. The standard InChI is InChI=1S/C17H23NO2/c1-17-11-5-8-16(19)18(2)15(17)10-9-12-13(17)6-4-7-14(12)20-3/h4,6-7,15H,5,8-11H2,1-3H3/t15-,17-/m1/s1. The van der Waals surface area contributed by atoms with E-state index >= 15 is 0 Å². The molecule has 0 unspecified atom stereocenters. The molecule has 0 aromatic heterocycles. The van der Waals surface area contributed by atoms with Gasteiger partial charge in [0, 0.05) is 24.9 Å². The van der Waals surface area contributed by atoms with Crippen molar-refractivity contribution >= 4 is 5.91 Å². The molecular weight excluding hydrogens is 250 g/mol. The van der Waals surface area contributed by atoms with E-state index in [1.54, 1.807) is 7.11 Å². The Morgan fingerprint density at radius 3 is 2.90 bits per heavy atom. The van der Waals surface area contributed by atoms with Gasteiger partial charge < -0.3 is 9.64 Å². The van der Waals surface area contributed by atoms with Crippen molar-refractivity contribution in [1.29, 1.82) is 0 Å². The summed E-state index contributed by atoms with van der Waals surface area (Å²) in [5, 5.41) is 0. The minimum Gasteiger partial charge on any atom is -0.496 e. The fourth-order valence-corrected chi connectivity index (χ4v) is 4.21. The molecule has 1 aliphatic carbocycles. The summed E-state index contributed by atoms with van der Waals surface area (Å²) in [5.41, 5.74) is 2.79. The molecule has 0 spiro atoms. The van der Waals surface area contributed by atoms with Crippen LogP contribution in [0.15, 0.2) is 18.2 Å². The van der Waals surface area contributed by atoms with Gasteiger partial charge in [0.25, 0.3) is 0 Å². The normalized spacial score (nSPS) is 29.4. The minimum atomic E-state index is 0.0586. The molecule has 1 aliphatic heterocycles. The van der Waals surface area contributed by atoms with Crippen LogP contribution in [0.5, 0.6) is 5.75 Å². The Hall–Kier alpha value is -1.51. The van der Waals surface area contributed by atoms with Gasteiger partial charge in [-0.15, -0.1) is 0 Å². The molecule has 3 rings (SSSR count). The lowest BCUT2D eigenvalue weighted by atomic mass is 9.65. The van der Waals surface area contributed by atoms with Crippen LogP contribution in [-0.4, -0.2) is 31.0 Å². The average molecular weight is 273 g/mol. The maximum absolute atomic E-state index is 12.1. The van der Waals surface area contributed by atoms with E-state index in [1.807, 2.05) is 18.0 Å². The zero-order valence-electron chi connectivity index (χ0n) is 12.6. The van der Waals surface area contributed by atoms with E-state index in [0.29, 0.717) is 18.4 Å². The maximum Gasteiger partial charge on any atom is 0.222 e. The molecule has 0 bridgehead atoms. The van der Waals surface area contributed by atoms with E-state index in [2.05, 4.69) is 19.1 Å². The van der Waals surface area contributed by atoms with E-state index in [-0.39, 0.29) is 5.41 Å². The molecule has 2 aliphatic rings. The predicted octanol–water partition coefficient (Wildman–Crippen LogP) is 2.91. The monoisotopic (exact) mass is 273 g/mol. The number of hydrogen-bond donors (Lipinski definition) is 0. The first-order valence-electron chi connectivity index (χ1n) is 7.50. The van der Waals surface area contributed by atoms with Gasteiger partial charge in [0.05, 0.1) is 7.11 Å². The molecule has 1 aromatic carbocycles. The highest BCUT2D eigenvalue weighted by Crippen LogP contribution is 2.46. The van der Waals surface area contributed by atoms with Crippen molar-refractivity contribution in [3.05, 3.63) is 29.3 Å². The second-order valence-electron chi connectivity index (χ2n) is 6.32. The van der Waals surface area contributed by atoms with Crippen molar-refractivity contribution in [1.82, 2.24) is 4.90 Å². The Labute approximate surface area is 120 Å². The van der Waals surface area contributed by atoms with Crippen molar-refractivity contribution in [2.75, 3.05) is 14.2 Å². The predicted molar refractivity (Wildman–Crippen MR) is 79.1 cm³/mol. The number of ether oxygens (including phenoxy) is 1. The van der Waals surface area contributed by atoms with Gasteiger partial charge in [-0.3, -0.25) is 4.79 Å². The maximum atomic E-state index is 12.1. The number of methoxy groups -OCH3 is 1. The largest absolute Gasteiger partial charge is 0.496 e. The smallest absolute Gasteiger partial charge is 0.222 e. The second kappa shape index (κ2) is 4.80. The van der Waals surface area contributed by atoms with Gasteiger partial charge in [-0.05, 0) is 42.9 Å². The molecule has 0 radical (unpaired) electrons. The van der Waals surface area contributed by atoms with Crippen molar-refractivity contribution in [3.8, 4) is 5.75 Å². The molecule has 1 fully saturated rings. The summed E-state index contributed by atoms with van der Waals surface area (Å²) < 4.78 is 5.54. The SMILES string of the molecule is COc1cccc2c1CC[C@H]1N(C)C(=O)CCC[C@]21C. The Morgan fingerprint density at radius 1 is 1.35 bits per heavy atom. The van der Waals surface area contributed by atoms with Crippen LogP contribution < -0.4 is 4.74 Å². The summed E-state index contributed by atoms with van der Waals surface area (Å²) in [4.78, 5) is 14.1. The molecule has 0 N–H and O–H groups in total. The Bertz CT molecular complexity index is 540. The lowest BCUT2D eigenvalue weighted by Gasteiger charge is -2.46. The van der Waals surface area contributed by atoms with E-state index in [1.165, 1.54) is 11.1 Å². The first kappa shape index (κ1) is 13.5. The number of likely N-dealkylation sites (tertiary alicyclic amines) is 1. The van der Waals surface area contributed by atoms with Crippen LogP contribution in [-0.2, 0) is 16.6 Å². The number of fused-ring (bicyclic) bond motifs is 3. The van der Waals surface area contributed by atoms with Gasteiger partial charge in [-0.1, -0.05) is 19.1 Å². The van der Waals surface area contributed by atoms with E-state index < -0.39 is 0 Å². The fraction of sp³-hybridized carbons (Fsp3) is 0.588. The van der Waals surface area contributed by atoms with Crippen LogP contribution in [0.4, 0.5) is 0 Å². The third-order valence-electron chi connectivity index (χ3n) is 5.32. The van der Waals surface area contributed by atoms with Crippen molar-refractivity contribution < 1.29 is 9.53 Å². The van der Waals surface area contributed by atoms with Crippen LogP contribution in [0.3, 0.4) is 0 Å². The summed E-state index contributed by atoms with van der Waals surface area (Å²) in [5.74, 6) is 1.30. The number of benzene rings is 1. The zero-order valence-corrected chi connectivity index (χ0v) is 12.6. The summed E-state index contributed by atoms with van der Waals surface area (Å²) >= 11 is 0. The molecule has 3 nitrogen and oxygen atoms in total. The topological polar surface area (TPSA) is 29.5 Å². The highest BCUT2D eigenvalue weighted by molar-refractivity contribution is 5.77. The number of hydrogen-bond acceptors (Lipinski definition) is 2. The number of rotatable bonds is 1. The molecule has 20 heavy (non-hydrogen) atoms. The highest BCUT2D eigenvalue weighted by Gasteiger charge is 2.45. The lowest BCUT2D eigenvalue weighted by molar-refractivity contribution is -0.132. The van der Waals surface area contributed by atoms with Crippen LogP contribution >= 0.6 is 0 Å². The summed E-state index contributed by atoms with van der Waals surface area (Å²) in [7, 11) is 3.72. The third kappa shape index (κ3) is 1.83. The van der Waals surface area contributed by atoms with Crippen molar-refractivity contribution in [3.63, 3.8) is 0 Å². The van der Waals surface area contributed by atoms with Crippen LogP contribution in [0.1, 0.15) is 43.7 Å². The molecule has 1 aromatic rings. The fourth-order valence-electron chi connectivity index (χ4n) is 4.21. The van der Waals surface area contributed by atoms with E-state index in [9.17, 15) is 4.79 Å². The lowest BCUT2D eigenvalue weighted by Crippen LogP contribution is -2.50. The van der Waals surface area contributed by atoms with Crippen molar-refractivity contribution in [2.45, 2.75) is 50.5 Å². The van der Waals surface area contributed by atoms with Gasteiger partial charge in [-0.2, -0.15) is 0 Å². The van der Waals surface area contributed by atoms with Gasteiger partial charge in [0.2, 0.25) is 5.91 Å². The first-order chi connectivity index (χ1) is 9.58. The zero-order chi connectivity index (χ0) is 14.3. The molecular formula is C17H23NO2. The number of likely N-dealkylation sites (N-methyl/N-ethyl adjacent to an activating group) is 1. The number of carbonyl (C=O) groups is 1. The third-order valence-corrected chi connectivity index (χ3v) is 5.32. The molecule has 1 amide bonds. The van der Waals surface area contributed by atoms with E-state index in [0.717, 1.165) is 31.4 Å². The Kier molecular flexibility index (Phi) is 3.23. The number of amides is 1. The van der Waals surface area contributed by atoms with Gasteiger partial charge in [0.15, 0.2) is 0 Å². The molecule has 1 saturated heterocycles. The number of nitrogens with zero attached hydrogens (tertiary/aromatic N) is 1. The van der Waals surface area contributed by atoms with Crippen LogP contribution in [0, 0.1) is 0 Å². The number of carbonyl (C=O) groups excluding carboxylic acids is 1. The quantitative estimate of drug-likeness (QED) is 0.787. The minimum absolute atomic E-state index is 0.0586. The first-order valence-corrected chi connectivity index (χ1v) is 7.50.